The molecule has 2 rings (SSSR count). The first-order valence-electron chi connectivity index (χ1n) is 7.46. The highest BCUT2D eigenvalue weighted by Crippen LogP contribution is 2.27. The first-order chi connectivity index (χ1) is 10.1. The number of hydrogen-bond acceptors (Lipinski definition) is 3. The molecule has 114 valence electrons. The quantitative estimate of drug-likeness (QED) is 0.709. The van der Waals surface area contributed by atoms with Crippen LogP contribution in [0.25, 0.3) is 0 Å². The molecule has 0 unspecified atom stereocenters. The fraction of sp³-hybridized carbons (Fsp3) is 0.500. The van der Waals surface area contributed by atoms with E-state index >= 15 is 0 Å². The van der Waals surface area contributed by atoms with Crippen molar-refractivity contribution in [2.75, 3.05) is 19.6 Å². The summed E-state index contributed by atoms with van der Waals surface area (Å²) in [6.45, 7) is 2.11. The summed E-state index contributed by atoms with van der Waals surface area (Å²) in [7, 11) is 0. The van der Waals surface area contributed by atoms with Crippen molar-refractivity contribution >= 4 is 11.8 Å². The molecular weight excluding hydrogens is 266 g/mol. The number of benzene rings is 1. The molecule has 0 bridgehead atoms. The number of carbonyl (C=O) groups is 2. The fourth-order valence-electron chi connectivity index (χ4n) is 2.16. The summed E-state index contributed by atoms with van der Waals surface area (Å²) in [5.41, 5.74) is 6.24. The molecule has 5 nitrogen and oxygen atoms in total. The van der Waals surface area contributed by atoms with E-state index in [1.165, 1.54) is 12.8 Å². The van der Waals surface area contributed by atoms with Crippen molar-refractivity contribution in [1.29, 1.82) is 0 Å². The number of nitrogens with zero attached hydrogens (tertiary/aromatic N) is 1. The molecule has 1 aromatic rings. The molecule has 2 amide bonds. The van der Waals surface area contributed by atoms with Gasteiger partial charge in [-0.25, -0.2) is 0 Å². The van der Waals surface area contributed by atoms with Crippen LogP contribution >= 0.6 is 0 Å². The molecule has 1 saturated carbocycles. The van der Waals surface area contributed by atoms with E-state index < -0.39 is 0 Å². The van der Waals surface area contributed by atoms with Gasteiger partial charge in [-0.3, -0.25) is 9.59 Å². The maximum Gasteiger partial charge on any atom is 0.236 e. The van der Waals surface area contributed by atoms with E-state index in [1.807, 2.05) is 30.3 Å². The van der Waals surface area contributed by atoms with Gasteiger partial charge in [0.1, 0.15) is 0 Å². The highest BCUT2D eigenvalue weighted by molar-refractivity contribution is 5.79. The van der Waals surface area contributed by atoms with E-state index in [-0.39, 0.29) is 18.2 Å². The third-order valence-electron chi connectivity index (χ3n) is 3.60. The Morgan fingerprint density at radius 1 is 1.24 bits per heavy atom. The average Bonchev–Trinajstić information content (AvgIpc) is 3.28. The molecule has 1 aliphatic carbocycles. The number of rotatable bonds is 9. The Kier molecular flexibility index (Phi) is 5.75. The van der Waals surface area contributed by atoms with E-state index in [9.17, 15) is 9.59 Å². The van der Waals surface area contributed by atoms with Crippen molar-refractivity contribution in [2.24, 2.45) is 11.7 Å². The van der Waals surface area contributed by atoms with Crippen LogP contribution < -0.4 is 11.1 Å². The van der Waals surface area contributed by atoms with Gasteiger partial charge >= 0.3 is 0 Å². The standard InChI is InChI=1S/C16H23N3O2/c17-15(20)8-9-19(12-14-4-2-1-3-5-14)16(21)11-18-10-13-6-7-13/h1-5,13,18H,6-12H2,(H2,17,20). The summed E-state index contributed by atoms with van der Waals surface area (Å²) < 4.78 is 0. The van der Waals surface area contributed by atoms with Gasteiger partial charge in [0.05, 0.1) is 6.54 Å². The molecule has 0 spiro atoms. The average molecular weight is 289 g/mol. The van der Waals surface area contributed by atoms with E-state index in [1.54, 1.807) is 4.90 Å². The smallest absolute Gasteiger partial charge is 0.236 e. The summed E-state index contributed by atoms with van der Waals surface area (Å²) in [5, 5.41) is 3.19. The summed E-state index contributed by atoms with van der Waals surface area (Å²) in [5.74, 6) is 0.374. The molecule has 5 heteroatoms. The molecule has 3 N–H and O–H groups in total. The molecule has 1 aromatic carbocycles. The van der Waals surface area contributed by atoms with Crippen LogP contribution in [0.15, 0.2) is 30.3 Å². The van der Waals surface area contributed by atoms with E-state index in [0.717, 1.165) is 18.0 Å². The third kappa shape index (κ3) is 5.95. The number of nitrogens with two attached hydrogens (primary N) is 1. The highest BCUT2D eigenvalue weighted by atomic mass is 16.2. The van der Waals surface area contributed by atoms with Crippen molar-refractivity contribution in [3.05, 3.63) is 35.9 Å². The van der Waals surface area contributed by atoms with Crippen LogP contribution in [0.1, 0.15) is 24.8 Å². The predicted octanol–water partition coefficient (Wildman–Crippen LogP) is 0.890. The molecule has 0 saturated heterocycles. The van der Waals surface area contributed by atoms with Crippen LogP contribution in [0, 0.1) is 5.92 Å². The summed E-state index contributed by atoms with van der Waals surface area (Å²) in [6.07, 6.45) is 2.72. The molecule has 0 aromatic heterocycles. The van der Waals surface area contributed by atoms with Gasteiger partial charge in [0.15, 0.2) is 0 Å². The largest absolute Gasteiger partial charge is 0.370 e. The molecule has 0 radical (unpaired) electrons. The van der Waals surface area contributed by atoms with E-state index in [2.05, 4.69) is 5.32 Å². The van der Waals surface area contributed by atoms with Crippen molar-refractivity contribution in [3.8, 4) is 0 Å². The van der Waals surface area contributed by atoms with E-state index in [4.69, 9.17) is 5.73 Å². The molecular formula is C16H23N3O2. The van der Waals surface area contributed by atoms with Crippen molar-refractivity contribution in [1.82, 2.24) is 10.2 Å². The van der Waals surface area contributed by atoms with Crippen LogP contribution in [0.5, 0.6) is 0 Å². The Labute approximate surface area is 125 Å². The van der Waals surface area contributed by atoms with Gasteiger partial charge in [-0.1, -0.05) is 30.3 Å². The third-order valence-corrected chi connectivity index (χ3v) is 3.60. The lowest BCUT2D eigenvalue weighted by molar-refractivity contribution is -0.131. The van der Waals surface area contributed by atoms with Gasteiger partial charge in [0, 0.05) is 19.5 Å². The number of amides is 2. The van der Waals surface area contributed by atoms with Crippen LogP contribution in [0.4, 0.5) is 0 Å². The molecule has 1 aliphatic rings. The van der Waals surface area contributed by atoms with Gasteiger partial charge in [-0.15, -0.1) is 0 Å². The number of primary amides is 1. The SMILES string of the molecule is NC(=O)CCN(Cc1ccccc1)C(=O)CNCC1CC1. The maximum absolute atomic E-state index is 12.3. The molecule has 0 heterocycles. The summed E-state index contributed by atoms with van der Waals surface area (Å²) in [6, 6.07) is 9.77. The summed E-state index contributed by atoms with van der Waals surface area (Å²) in [4.78, 5) is 24.9. The van der Waals surface area contributed by atoms with Crippen LogP contribution in [0.2, 0.25) is 0 Å². The van der Waals surface area contributed by atoms with Crippen LogP contribution in [0.3, 0.4) is 0 Å². The lowest BCUT2D eigenvalue weighted by Gasteiger charge is -2.22. The number of hydrogen-bond donors (Lipinski definition) is 2. The Morgan fingerprint density at radius 3 is 2.57 bits per heavy atom. The minimum absolute atomic E-state index is 0.0146. The Balaban J connectivity index is 1.86. The fourth-order valence-corrected chi connectivity index (χ4v) is 2.16. The zero-order valence-corrected chi connectivity index (χ0v) is 12.3. The summed E-state index contributed by atoms with van der Waals surface area (Å²) >= 11 is 0. The highest BCUT2D eigenvalue weighted by Gasteiger charge is 2.21. The van der Waals surface area contributed by atoms with Crippen LogP contribution in [-0.2, 0) is 16.1 Å². The van der Waals surface area contributed by atoms with Gasteiger partial charge in [0.25, 0.3) is 0 Å². The molecule has 21 heavy (non-hydrogen) atoms. The van der Waals surface area contributed by atoms with Crippen molar-refractivity contribution < 1.29 is 9.59 Å². The van der Waals surface area contributed by atoms with E-state index in [0.29, 0.717) is 19.6 Å². The normalized spacial score (nSPS) is 13.9. The monoisotopic (exact) mass is 289 g/mol. The lowest BCUT2D eigenvalue weighted by Crippen LogP contribution is -2.39. The molecule has 1 fully saturated rings. The zero-order chi connectivity index (χ0) is 15.1. The first-order valence-corrected chi connectivity index (χ1v) is 7.46. The number of nitrogens with one attached hydrogen (secondary N) is 1. The Bertz CT molecular complexity index is 472. The van der Waals surface area contributed by atoms with Crippen molar-refractivity contribution in [2.45, 2.75) is 25.8 Å². The predicted molar refractivity (Wildman–Crippen MR) is 81.3 cm³/mol. The minimum atomic E-state index is -0.383. The van der Waals surface area contributed by atoms with Crippen molar-refractivity contribution in [3.63, 3.8) is 0 Å². The second kappa shape index (κ2) is 7.78. The zero-order valence-electron chi connectivity index (χ0n) is 12.3. The van der Waals surface area contributed by atoms with Gasteiger partial charge in [0.2, 0.25) is 11.8 Å². The topological polar surface area (TPSA) is 75.4 Å². The van der Waals surface area contributed by atoms with Crippen LogP contribution in [-0.4, -0.2) is 36.3 Å². The van der Waals surface area contributed by atoms with Gasteiger partial charge in [-0.2, -0.15) is 0 Å². The molecule has 0 atom stereocenters. The second-order valence-electron chi connectivity index (χ2n) is 5.59. The lowest BCUT2D eigenvalue weighted by atomic mass is 10.2. The minimum Gasteiger partial charge on any atom is -0.370 e. The molecule has 0 aliphatic heterocycles. The second-order valence-corrected chi connectivity index (χ2v) is 5.59. The maximum atomic E-state index is 12.3. The number of carbonyl (C=O) groups excluding carboxylic acids is 2. The van der Waals surface area contributed by atoms with Gasteiger partial charge in [-0.05, 0) is 30.9 Å². The Hall–Kier alpha value is -1.88. The first kappa shape index (κ1) is 15.5. The van der Waals surface area contributed by atoms with Gasteiger partial charge < -0.3 is 16.0 Å². The Morgan fingerprint density at radius 2 is 1.95 bits per heavy atom.